The Hall–Kier alpha value is -3.93. The van der Waals surface area contributed by atoms with Gasteiger partial charge in [0.05, 0.1) is 23.4 Å². The van der Waals surface area contributed by atoms with Crippen LogP contribution >= 0.6 is 0 Å². The fraction of sp³-hybridized carbons (Fsp3) is 0.160. The summed E-state index contributed by atoms with van der Waals surface area (Å²) in [6.07, 6.45) is 3.05. The van der Waals surface area contributed by atoms with Crippen LogP contribution in [-0.2, 0) is 19.4 Å². The minimum absolute atomic E-state index is 0.196. The molecule has 0 saturated heterocycles. The molecular weight excluding hydrogens is 388 g/mol. The molecular formula is C25H20N4O2. The molecule has 1 aliphatic carbocycles. The Kier molecular flexibility index (Phi) is 3.77. The zero-order valence-corrected chi connectivity index (χ0v) is 16.8. The summed E-state index contributed by atoms with van der Waals surface area (Å²) in [5.74, 6) is -0.397. The molecule has 6 nitrogen and oxygen atoms in total. The lowest BCUT2D eigenvalue weighted by Gasteiger charge is -2.22. The molecule has 2 aromatic carbocycles. The zero-order chi connectivity index (χ0) is 21.1. The molecule has 31 heavy (non-hydrogen) atoms. The number of nitrogens with zero attached hydrogens (tertiary/aromatic N) is 3. The van der Waals surface area contributed by atoms with Crippen molar-refractivity contribution in [3.63, 3.8) is 0 Å². The van der Waals surface area contributed by atoms with E-state index in [2.05, 4.69) is 9.55 Å². The van der Waals surface area contributed by atoms with E-state index in [4.69, 9.17) is 5.73 Å². The summed E-state index contributed by atoms with van der Waals surface area (Å²) >= 11 is 0. The van der Waals surface area contributed by atoms with Crippen molar-refractivity contribution < 1.29 is 9.59 Å². The number of pyridine rings is 1. The molecule has 2 aliphatic rings. The summed E-state index contributed by atoms with van der Waals surface area (Å²) in [7, 11) is 0. The molecule has 0 fully saturated rings. The van der Waals surface area contributed by atoms with Crippen LogP contribution in [0.15, 0.2) is 66.9 Å². The van der Waals surface area contributed by atoms with Crippen LogP contribution < -0.4 is 5.73 Å². The second-order valence-electron chi connectivity index (χ2n) is 8.20. The van der Waals surface area contributed by atoms with E-state index in [0.717, 1.165) is 22.3 Å². The van der Waals surface area contributed by atoms with Gasteiger partial charge in [-0.15, -0.1) is 0 Å². The highest BCUT2D eigenvalue weighted by Gasteiger charge is 2.43. The first-order valence-corrected chi connectivity index (χ1v) is 10.4. The first-order chi connectivity index (χ1) is 15.1. The number of hydrogen-bond donors (Lipinski definition) is 1. The molecule has 1 aliphatic heterocycles. The highest BCUT2D eigenvalue weighted by atomic mass is 16.2. The van der Waals surface area contributed by atoms with Crippen LogP contribution in [0.5, 0.6) is 0 Å². The van der Waals surface area contributed by atoms with Gasteiger partial charge in [-0.1, -0.05) is 18.2 Å². The molecule has 1 atom stereocenters. The van der Waals surface area contributed by atoms with E-state index in [9.17, 15) is 9.59 Å². The number of imide groups is 1. The normalized spacial score (nSPS) is 17.4. The summed E-state index contributed by atoms with van der Waals surface area (Å²) in [5, 5.41) is 1.09. The number of amides is 2. The van der Waals surface area contributed by atoms with Crippen molar-refractivity contribution in [3.05, 3.63) is 94.9 Å². The number of rotatable bonds is 3. The average molecular weight is 408 g/mol. The summed E-state index contributed by atoms with van der Waals surface area (Å²) in [5.41, 5.74) is 12.2. The molecule has 2 amide bonds. The number of fused-ring (bicyclic) bond motifs is 4. The van der Waals surface area contributed by atoms with Crippen molar-refractivity contribution in [2.75, 3.05) is 5.73 Å². The molecule has 0 bridgehead atoms. The lowest BCUT2D eigenvalue weighted by Crippen LogP contribution is -2.40. The van der Waals surface area contributed by atoms with Crippen LogP contribution in [0.2, 0.25) is 0 Å². The molecule has 0 saturated carbocycles. The summed E-state index contributed by atoms with van der Waals surface area (Å²) in [4.78, 5) is 32.0. The maximum absolute atomic E-state index is 13.0. The standard InChI is InChI=1S/C25H20N4O2/c26-15-8-9-22-20(11-15)21-12-17(13-23(21)28(22)14-16-5-3-4-10-27-16)29-24(30)18-6-1-2-7-19(18)25(29)31/h1-11,17H,12-14,26H2. The maximum Gasteiger partial charge on any atom is 0.261 e. The van der Waals surface area contributed by atoms with Crippen molar-refractivity contribution >= 4 is 28.4 Å². The quantitative estimate of drug-likeness (QED) is 0.416. The third-order valence-corrected chi connectivity index (χ3v) is 6.42. The molecule has 6 rings (SSSR count). The molecule has 0 radical (unpaired) electrons. The van der Waals surface area contributed by atoms with Crippen LogP contribution in [-0.4, -0.2) is 32.3 Å². The first-order valence-electron chi connectivity index (χ1n) is 10.4. The topological polar surface area (TPSA) is 81.2 Å². The van der Waals surface area contributed by atoms with Gasteiger partial charge in [0.1, 0.15) is 0 Å². The number of aromatic nitrogens is 2. The van der Waals surface area contributed by atoms with Gasteiger partial charge in [0.15, 0.2) is 0 Å². The van der Waals surface area contributed by atoms with Gasteiger partial charge in [-0.3, -0.25) is 19.5 Å². The monoisotopic (exact) mass is 408 g/mol. The van der Waals surface area contributed by atoms with E-state index in [-0.39, 0.29) is 17.9 Å². The average Bonchev–Trinajstić information content (AvgIpc) is 3.40. The predicted octanol–water partition coefficient (Wildman–Crippen LogP) is 3.43. The van der Waals surface area contributed by atoms with Crippen LogP contribution in [0.4, 0.5) is 5.69 Å². The Morgan fingerprint density at radius 2 is 1.68 bits per heavy atom. The van der Waals surface area contributed by atoms with E-state index < -0.39 is 0 Å². The second kappa shape index (κ2) is 6.54. The number of nitrogen functional groups attached to an aromatic ring is 1. The van der Waals surface area contributed by atoms with E-state index in [1.807, 2.05) is 36.4 Å². The molecule has 2 N–H and O–H groups in total. The van der Waals surface area contributed by atoms with Crippen molar-refractivity contribution in [1.82, 2.24) is 14.5 Å². The minimum Gasteiger partial charge on any atom is -0.399 e. The van der Waals surface area contributed by atoms with Crippen molar-refractivity contribution in [2.24, 2.45) is 0 Å². The number of hydrogen-bond acceptors (Lipinski definition) is 4. The third-order valence-electron chi connectivity index (χ3n) is 6.42. The smallest absolute Gasteiger partial charge is 0.261 e. The lowest BCUT2D eigenvalue weighted by atomic mass is 10.1. The van der Waals surface area contributed by atoms with Gasteiger partial charge in [-0.2, -0.15) is 0 Å². The Balaban J connectivity index is 1.42. The fourth-order valence-electron chi connectivity index (χ4n) is 5.04. The Labute approximate surface area is 178 Å². The Morgan fingerprint density at radius 3 is 2.39 bits per heavy atom. The number of carbonyl (C=O) groups is 2. The van der Waals surface area contributed by atoms with Crippen LogP contribution in [0.1, 0.15) is 37.7 Å². The maximum atomic E-state index is 13.0. The van der Waals surface area contributed by atoms with Crippen molar-refractivity contribution in [1.29, 1.82) is 0 Å². The van der Waals surface area contributed by atoms with E-state index in [1.165, 1.54) is 10.5 Å². The Morgan fingerprint density at radius 1 is 0.935 bits per heavy atom. The van der Waals surface area contributed by atoms with Gasteiger partial charge in [-0.25, -0.2) is 0 Å². The van der Waals surface area contributed by atoms with Gasteiger partial charge in [0.2, 0.25) is 0 Å². The zero-order valence-electron chi connectivity index (χ0n) is 16.8. The van der Waals surface area contributed by atoms with E-state index >= 15 is 0 Å². The molecule has 0 spiro atoms. The van der Waals surface area contributed by atoms with Crippen molar-refractivity contribution in [2.45, 2.75) is 25.4 Å². The molecule has 3 heterocycles. The van der Waals surface area contributed by atoms with E-state index in [0.29, 0.717) is 36.2 Å². The first kappa shape index (κ1) is 17.9. The van der Waals surface area contributed by atoms with Gasteiger partial charge in [0.25, 0.3) is 11.8 Å². The largest absolute Gasteiger partial charge is 0.399 e. The van der Waals surface area contributed by atoms with Crippen molar-refractivity contribution in [3.8, 4) is 0 Å². The molecule has 2 aromatic heterocycles. The van der Waals surface area contributed by atoms with Crippen LogP contribution in [0.3, 0.4) is 0 Å². The van der Waals surface area contributed by atoms with E-state index in [1.54, 1.807) is 30.5 Å². The number of carbonyl (C=O) groups excluding carboxylic acids is 2. The molecule has 4 aromatic rings. The van der Waals surface area contributed by atoms with Gasteiger partial charge < -0.3 is 10.3 Å². The molecule has 152 valence electrons. The number of anilines is 1. The SMILES string of the molecule is Nc1ccc2c(c1)c1c(n2Cc2ccccn2)CC(N2C(=O)c3ccccc3C2=O)C1. The van der Waals surface area contributed by atoms with Crippen LogP contribution in [0.25, 0.3) is 10.9 Å². The summed E-state index contributed by atoms with van der Waals surface area (Å²) < 4.78 is 2.25. The highest BCUT2D eigenvalue weighted by molar-refractivity contribution is 6.21. The summed E-state index contributed by atoms with van der Waals surface area (Å²) in [6, 6.07) is 18.7. The van der Waals surface area contributed by atoms with Gasteiger partial charge >= 0.3 is 0 Å². The number of benzene rings is 2. The third kappa shape index (κ3) is 2.61. The summed E-state index contributed by atoms with van der Waals surface area (Å²) in [6.45, 7) is 0.630. The molecule has 1 unspecified atom stereocenters. The second-order valence-corrected chi connectivity index (χ2v) is 8.20. The van der Waals surface area contributed by atoms with Crippen LogP contribution in [0, 0.1) is 0 Å². The lowest BCUT2D eigenvalue weighted by molar-refractivity contribution is 0.0590. The minimum atomic E-state index is -0.198. The molecule has 6 heteroatoms. The highest BCUT2D eigenvalue weighted by Crippen LogP contribution is 2.38. The predicted molar refractivity (Wildman–Crippen MR) is 118 cm³/mol. The Bertz CT molecular complexity index is 1340. The van der Waals surface area contributed by atoms with Gasteiger partial charge in [-0.05, 0) is 54.4 Å². The fourth-order valence-corrected chi connectivity index (χ4v) is 5.04. The van der Waals surface area contributed by atoms with Gasteiger partial charge in [0, 0.05) is 40.9 Å². The number of nitrogens with two attached hydrogens (primary N) is 1.